The molecule has 0 bridgehead atoms. The second-order valence-electron chi connectivity index (χ2n) is 1.39. The topological polar surface area (TPSA) is 0 Å². The average molecular weight is 96.1 g/mol. The highest BCUT2D eigenvalue weighted by molar-refractivity contribution is 5.17. The van der Waals surface area contributed by atoms with E-state index in [1.165, 1.54) is 6.08 Å². The molecule has 0 radical (unpaired) electrons. The molecule has 0 atom stereocenters. The molecule has 0 saturated heterocycles. The highest BCUT2D eigenvalue weighted by Gasteiger charge is 1.91. The van der Waals surface area contributed by atoms with Crippen LogP contribution in [0.5, 0.6) is 0 Å². The number of halogens is 1. The summed E-state index contributed by atoms with van der Waals surface area (Å²) in [5.41, 5.74) is 0. The van der Waals surface area contributed by atoms with Gasteiger partial charge in [-0.1, -0.05) is 11.8 Å². The Morgan fingerprint density at radius 1 is 1.57 bits per heavy atom. The molecule has 0 spiro atoms. The van der Waals surface area contributed by atoms with Gasteiger partial charge in [0.25, 0.3) is 0 Å². The van der Waals surface area contributed by atoms with E-state index < -0.39 is 0 Å². The van der Waals surface area contributed by atoms with Gasteiger partial charge in [0.2, 0.25) is 0 Å². The molecular formula is C6H5F. The van der Waals surface area contributed by atoms with Crippen LogP contribution in [0.15, 0.2) is 11.9 Å². The first kappa shape index (κ1) is 4.39. The molecule has 1 rings (SSSR count). The zero-order valence-electron chi connectivity index (χ0n) is 3.87. The molecule has 0 saturated carbocycles. The minimum Gasteiger partial charge on any atom is -0.211 e. The minimum atomic E-state index is -0.0845. The summed E-state index contributed by atoms with van der Waals surface area (Å²) in [5.74, 6) is 5.31. The molecule has 1 heteroatoms. The van der Waals surface area contributed by atoms with Gasteiger partial charge in [0.1, 0.15) is 5.83 Å². The summed E-state index contributed by atoms with van der Waals surface area (Å²) in [7, 11) is 0. The van der Waals surface area contributed by atoms with Crippen LogP contribution in [0.25, 0.3) is 0 Å². The normalized spacial score (nSPS) is 17.0. The summed E-state index contributed by atoms with van der Waals surface area (Å²) in [4.78, 5) is 0. The Bertz CT molecular complexity index is 145. The molecule has 0 amide bonds. The van der Waals surface area contributed by atoms with Gasteiger partial charge in [-0.3, -0.25) is 0 Å². The molecule has 1 aliphatic rings. The van der Waals surface area contributed by atoms with Crippen molar-refractivity contribution in [1.29, 1.82) is 0 Å². The highest BCUT2D eigenvalue weighted by atomic mass is 19.1. The molecular weight excluding hydrogens is 91.1 g/mol. The van der Waals surface area contributed by atoms with E-state index in [1.54, 1.807) is 0 Å². The molecule has 36 valence electrons. The Hall–Kier alpha value is -0.770. The Balaban J connectivity index is 2.58. The van der Waals surface area contributed by atoms with Crippen molar-refractivity contribution in [3.8, 4) is 11.8 Å². The van der Waals surface area contributed by atoms with Crippen molar-refractivity contribution >= 4 is 0 Å². The predicted octanol–water partition coefficient (Wildman–Crippen LogP) is 1.64. The maximum atomic E-state index is 11.9. The molecule has 0 aromatic heterocycles. The van der Waals surface area contributed by atoms with E-state index in [-0.39, 0.29) is 5.83 Å². The number of hydrogen-bond acceptors (Lipinski definition) is 0. The lowest BCUT2D eigenvalue weighted by molar-refractivity contribution is 0.615. The largest absolute Gasteiger partial charge is 0.211 e. The fraction of sp³-hybridized carbons (Fsp3) is 0.333. The molecule has 0 N–H and O–H groups in total. The zero-order chi connectivity index (χ0) is 5.11. The SMILES string of the molecule is FC1=CCC#CC1. The summed E-state index contributed by atoms with van der Waals surface area (Å²) in [6.07, 6.45) is 2.42. The van der Waals surface area contributed by atoms with Gasteiger partial charge >= 0.3 is 0 Å². The van der Waals surface area contributed by atoms with Gasteiger partial charge in [0.05, 0.1) is 6.42 Å². The van der Waals surface area contributed by atoms with Gasteiger partial charge in [0.15, 0.2) is 0 Å². The Morgan fingerprint density at radius 3 is 2.71 bits per heavy atom. The van der Waals surface area contributed by atoms with E-state index in [1.807, 2.05) is 0 Å². The summed E-state index contributed by atoms with van der Waals surface area (Å²) in [6.45, 7) is 0. The van der Waals surface area contributed by atoms with Crippen LogP contribution in [0.4, 0.5) is 4.39 Å². The molecule has 0 nitrogen and oxygen atoms in total. The molecule has 0 heterocycles. The van der Waals surface area contributed by atoms with Gasteiger partial charge in [-0.15, -0.1) is 0 Å². The van der Waals surface area contributed by atoms with Gasteiger partial charge in [-0.05, 0) is 6.08 Å². The molecule has 0 unspecified atom stereocenters. The lowest BCUT2D eigenvalue weighted by atomic mass is 10.2. The predicted molar refractivity (Wildman–Crippen MR) is 26.2 cm³/mol. The van der Waals surface area contributed by atoms with Gasteiger partial charge in [0, 0.05) is 6.42 Å². The molecule has 0 fully saturated rings. The quantitative estimate of drug-likeness (QED) is 0.402. The van der Waals surface area contributed by atoms with E-state index in [0.29, 0.717) is 12.8 Å². The van der Waals surface area contributed by atoms with Crippen LogP contribution in [-0.2, 0) is 0 Å². The maximum absolute atomic E-state index is 11.9. The second kappa shape index (κ2) is 1.79. The van der Waals surface area contributed by atoms with Gasteiger partial charge in [-0.25, -0.2) is 4.39 Å². The van der Waals surface area contributed by atoms with Crippen LogP contribution in [-0.4, -0.2) is 0 Å². The van der Waals surface area contributed by atoms with Crippen LogP contribution in [0.2, 0.25) is 0 Å². The average Bonchev–Trinajstić information content (AvgIpc) is 1.69. The van der Waals surface area contributed by atoms with Crippen LogP contribution in [0.1, 0.15) is 12.8 Å². The third kappa shape index (κ3) is 1.04. The van der Waals surface area contributed by atoms with Crippen molar-refractivity contribution in [3.05, 3.63) is 11.9 Å². The molecule has 1 aliphatic carbocycles. The number of rotatable bonds is 0. The lowest BCUT2D eigenvalue weighted by Crippen LogP contribution is -1.76. The van der Waals surface area contributed by atoms with Crippen molar-refractivity contribution < 1.29 is 4.39 Å². The third-order valence-electron chi connectivity index (χ3n) is 0.808. The summed E-state index contributed by atoms with van der Waals surface area (Å²) < 4.78 is 11.9. The fourth-order valence-corrected chi connectivity index (χ4v) is 0.453. The first-order valence-corrected chi connectivity index (χ1v) is 2.20. The number of allylic oxidation sites excluding steroid dienone is 2. The Labute approximate surface area is 42.0 Å². The summed E-state index contributed by atoms with van der Waals surface area (Å²) in [6, 6.07) is 0. The van der Waals surface area contributed by atoms with E-state index in [4.69, 9.17) is 0 Å². The smallest absolute Gasteiger partial charge is 0.109 e. The molecule has 7 heavy (non-hydrogen) atoms. The van der Waals surface area contributed by atoms with E-state index in [0.717, 1.165) is 0 Å². The Kier molecular flexibility index (Phi) is 1.12. The summed E-state index contributed by atoms with van der Waals surface area (Å²) in [5, 5.41) is 0. The van der Waals surface area contributed by atoms with Crippen molar-refractivity contribution in [1.82, 2.24) is 0 Å². The monoisotopic (exact) mass is 96.0 g/mol. The van der Waals surface area contributed by atoms with Crippen molar-refractivity contribution in [2.24, 2.45) is 0 Å². The van der Waals surface area contributed by atoms with E-state index in [9.17, 15) is 4.39 Å². The van der Waals surface area contributed by atoms with Crippen LogP contribution in [0, 0.1) is 11.8 Å². The molecule has 0 aromatic carbocycles. The van der Waals surface area contributed by atoms with Crippen LogP contribution >= 0.6 is 0 Å². The highest BCUT2D eigenvalue weighted by Crippen LogP contribution is 2.05. The number of hydrogen-bond donors (Lipinski definition) is 0. The zero-order valence-corrected chi connectivity index (χ0v) is 3.87. The third-order valence-corrected chi connectivity index (χ3v) is 0.808. The maximum Gasteiger partial charge on any atom is 0.109 e. The van der Waals surface area contributed by atoms with Gasteiger partial charge < -0.3 is 0 Å². The molecule has 0 aromatic rings. The first-order valence-electron chi connectivity index (χ1n) is 2.20. The minimum absolute atomic E-state index is 0.0845. The molecule has 0 aliphatic heterocycles. The van der Waals surface area contributed by atoms with E-state index in [2.05, 4.69) is 11.8 Å². The first-order chi connectivity index (χ1) is 3.39. The Morgan fingerprint density at radius 2 is 2.43 bits per heavy atom. The van der Waals surface area contributed by atoms with Crippen molar-refractivity contribution in [2.75, 3.05) is 0 Å². The lowest BCUT2D eigenvalue weighted by Gasteiger charge is -1.89. The fourth-order valence-electron chi connectivity index (χ4n) is 0.453. The van der Waals surface area contributed by atoms with Gasteiger partial charge in [-0.2, -0.15) is 0 Å². The van der Waals surface area contributed by atoms with Crippen molar-refractivity contribution in [3.63, 3.8) is 0 Å². The van der Waals surface area contributed by atoms with Crippen molar-refractivity contribution in [2.45, 2.75) is 12.8 Å². The van der Waals surface area contributed by atoms with Crippen LogP contribution in [0.3, 0.4) is 0 Å². The standard InChI is InChI=1S/C6H5F/c7-6-4-2-1-3-5-6/h4H,2,5H2. The summed E-state index contributed by atoms with van der Waals surface area (Å²) >= 11 is 0. The van der Waals surface area contributed by atoms with E-state index >= 15 is 0 Å². The second-order valence-corrected chi connectivity index (χ2v) is 1.39. The van der Waals surface area contributed by atoms with Crippen LogP contribution < -0.4 is 0 Å².